The molecule has 0 aliphatic carbocycles. The lowest BCUT2D eigenvalue weighted by molar-refractivity contribution is 0.0951. The van der Waals surface area contributed by atoms with Crippen LogP contribution in [-0.2, 0) is 13.0 Å². The molecule has 3 aromatic rings. The summed E-state index contributed by atoms with van der Waals surface area (Å²) >= 11 is 0. The Morgan fingerprint density at radius 2 is 1.74 bits per heavy atom. The van der Waals surface area contributed by atoms with E-state index in [9.17, 15) is 4.79 Å². The highest BCUT2D eigenvalue weighted by atomic mass is 16.1. The minimum atomic E-state index is -0.119. The molecule has 1 aromatic heterocycles. The second-order valence-electron chi connectivity index (χ2n) is 5.36. The summed E-state index contributed by atoms with van der Waals surface area (Å²) in [5.74, 6) is -0.119. The summed E-state index contributed by atoms with van der Waals surface area (Å²) in [6.45, 7) is 2.64. The molecule has 0 atom stereocenters. The Balaban J connectivity index is 1.63. The molecule has 0 aliphatic rings. The normalized spacial score (nSPS) is 10.5. The maximum Gasteiger partial charge on any atom is 0.254 e. The van der Waals surface area contributed by atoms with Gasteiger partial charge < -0.3 is 5.32 Å². The third-order valence-electron chi connectivity index (χ3n) is 3.75. The minimum absolute atomic E-state index is 0.119. The molecule has 1 amide bonds. The summed E-state index contributed by atoms with van der Waals surface area (Å²) in [5, 5.41) is 7.17. The Labute approximate surface area is 135 Å². The molecule has 116 valence electrons. The van der Waals surface area contributed by atoms with E-state index in [1.54, 1.807) is 17.1 Å². The topological polar surface area (TPSA) is 46.9 Å². The van der Waals surface area contributed by atoms with Crippen molar-refractivity contribution in [3.8, 4) is 5.69 Å². The fourth-order valence-corrected chi connectivity index (χ4v) is 2.34. The smallest absolute Gasteiger partial charge is 0.254 e. The number of carbonyl (C=O) groups is 1. The van der Waals surface area contributed by atoms with Gasteiger partial charge in [-0.05, 0) is 29.7 Å². The predicted octanol–water partition coefficient (Wildman–Crippen LogP) is 3.36. The van der Waals surface area contributed by atoms with Crippen LogP contribution in [0.1, 0.15) is 28.4 Å². The van der Waals surface area contributed by atoms with Crippen molar-refractivity contribution in [3.63, 3.8) is 0 Å². The first-order valence-electron chi connectivity index (χ1n) is 7.72. The van der Waals surface area contributed by atoms with Gasteiger partial charge in [0, 0.05) is 12.7 Å². The molecule has 1 N–H and O–H groups in total. The molecule has 0 bridgehead atoms. The van der Waals surface area contributed by atoms with Crippen molar-refractivity contribution in [2.75, 3.05) is 0 Å². The minimum Gasteiger partial charge on any atom is -0.348 e. The van der Waals surface area contributed by atoms with Crippen LogP contribution in [0, 0.1) is 0 Å². The van der Waals surface area contributed by atoms with Crippen LogP contribution >= 0.6 is 0 Å². The molecule has 4 heteroatoms. The zero-order valence-electron chi connectivity index (χ0n) is 13.1. The molecule has 0 radical (unpaired) electrons. The molecule has 0 unspecified atom stereocenters. The highest BCUT2D eigenvalue weighted by molar-refractivity contribution is 5.93. The van der Waals surface area contributed by atoms with Crippen LogP contribution < -0.4 is 5.32 Å². The van der Waals surface area contributed by atoms with Gasteiger partial charge in [-0.2, -0.15) is 5.10 Å². The molecule has 1 heterocycles. The van der Waals surface area contributed by atoms with Gasteiger partial charge in [0.2, 0.25) is 0 Å². The second-order valence-corrected chi connectivity index (χ2v) is 5.36. The number of para-hydroxylation sites is 1. The molecule has 23 heavy (non-hydrogen) atoms. The van der Waals surface area contributed by atoms with Crippen molar-refractivity contribution >= 4 is 5.91 Å². The van der Waals surface area contributed by atoms with Gasteiger partial charge in [-0.15, -0.1) is 0 Å². The van der Waals surface area contributed by atoms with Gasteiger partial charge in [-0.3, -0.25) is 4.79 Å². The van der Waals surface area contributed by atoms with E-state index in [1.165, 1.54) is 5.56 Å². The molecule has 0 aliphatic heterocycles. The van der Waals surface area contributed by atoms with Crippen molar-refractivity contribution in [3.05, 3.63) is 83.7 Å². The predicted molar refractivity (Wildman–Crippen MR) is 90.6 cm³/mol. The Hall–Kier alpha value is -2.88. The molecule has 0 saturated heterocycles. The highest BCUT2D eigenvalue weighted by Gasteiger charge is 2.09. The number of aromatic nitrogens is 2. The van der Waals surface area contributed by atoms with E-state index >= 15 is 0 Å². The van der Waals surface area contributed by atoms with Gasteiger partial charge in [0.1, 0.15) is 0 Å². The van der Waals surface area contributed by atoms with Crippen LogP contribution in [0.5, 0.6) is 0 Å². The number of nitrogens with one attached hydrogen (secondary N) is 1. The largest absolute Gasteiger partial charge is 0.348 e. The molecule has 4 nitrogen and oxygen atoms in total. The van der Waals surface area contributed by atoms with Crippen molar-refractivity contribution in [2.24, 2.45) is 0 Å². The van der Waals surface area contributed by atoms with E-state index in [0.717, 1.165) is 17.7 Å². The quantitative estimate of drug-likeness (QED) is 0.785. The Morgan fingerprint density at radius 3 is 2.43 bits per heavy atom. The first-order valence-corrected chi connectivity index (χ1v) is 7.72. The summed E-state index contributed by atoms with van der Waals surface area (Å²) in [6, 6.07) is 18.0. The third kappa shape index (κ3) is 3.66. The average molecular weight is 305 g/mol. The lowest BCUT2D eigenvalue weighted by Gasteiger charge is -2.05. The fourth-order valence-electron chi connectivity index (χ4n) is 2.34. The highest BCUT2D eigenvalue weighted by Crippen LogP contribution is 2.08. The number of benzene rings is 2. The van der Waals surface area contributed by atoms with Gasteiger partial charge >= 0.3 is 0 Å². The van der Waals surface area contributed by atoms with Crippen LogP contribution in [-0.4, -0.2) is 15.7 Å². The van der Waals surface area contributed by atoms with Crippen molar-refractivity contribution < 1.29 is 4.79 Å². The summed E-state index contributed by atoms with van der Waals surface area (Å²) in [5.41, 5.74) is 3.87. The van der Waals surface area contributed by atoms with E-state index in [1.807, 2.05) is 42.5 Å². The van der Waals surface area contributed by atoms with E-state index in [4.69, 9.17) is 0 Å². The molecule has 3 rings (SSSR count). The Kier molecular flexibility index (Phi) is 4.52. The first kappa shape index (κ1) is 15.0. The lowest BCUT2D eigenvalue weighted by Crippen LogP contribution is -2.22. The number of rotatable bonds is 5. The van der Waals surface area contributed by atoms with Crippen molar-refractivity contribution in [1.29, 1.82) is 0 Å². The van der Waals surface area contributed by atoms with Crippen molar-refractivity contribution in [1.82, 2.24) is 15.1 Å². The summed E-state index contributed by atoms with van der Waals surface area (Å²) in [7, 11) is 0. The molecule has 2 aromatic carbocycles. The number of hydrogen-bond donors (Lipinski definition) is 1. The maximum absolute atomic E-state index is 12.2. The molecule has 0 fully saturated rings. The zero-order valence-corrected chi connectivity index (χ0v) is 13.1. The van der Waals surface area contributed by atoms with Gasteiger partial charge in [0.25, 0.3) is 5.91 Å². The van der Waals surface area contributed by atoms with Gasteiger partial charge in [-0.1, -0.05) is 49.4 Å². The molecular formula is C19H19N3O. The van der Waals surface area contributed by atoms with E-state index in [-0.39, 0.29) is 5.91 Å². The summed E-state index contributed by atoms with van der Waals surface area (Å²) in [6.07, 6.45) is 4.35. The maximum atomic E-state index is 12.2. The fraction of sp³-hybridized carbons (Fsp3) is 0.158. The van der Waals surface area contributed by atoms with Crippen LogP contribution in [0.25, 0.3) is 5.69 Å². The van der Waals surface area contributed by atoms with Crippen LogP contribution in [0.15, 0.2) is 67.0 Å². The van der Waals surface area contributed by atoms with Crippen LogP contribution in [0.3, 0.4) is 0 Å². The number of hydrogen-bond acceptors (Lipinski definition) is 2. The number of nitrogens with zero attached hydrogens (tertiary/aromatic N) is 2. The average Bonchev–Trinajstić information content (AvgIpc) is 3.11. The first-order chi connectivity index (χ1) is 11.3. The van der Waals surface area contributed by atoms with Crippen molar-refractivity contribution in [2.45, 2.75) is 19.9 Å². The second kappa shape index (κ2) is 6.92. The monoisotopic (exact) mass is 305 g/mol. The third-order valence-corrected chi connectivity index (χ3v) is 3.75. The Morgan fingerprint density at radius 1 is 1.04 bits per heavy atom. The number of carbonyl (C=O) groups excluding carboxylic acids is 1. The van der Waals surface area contributed by atoms with E-state index in [0.29, 0.717) is 12.1 Å². The van der Waals surface area contributed by atoms with Gasteiger partial charge in [-0.25, -0.2) is 4.68 Å². The summed E-state index contributed by atoms with van der Waals surface area (Å²) in [4.78, 5) is 12.2. The lowest BCUT2D eigenvalue weighted by atomic mass is 10.1. The molecule has 0 spiro atoms. The Bertz CT molecular complexity index is 776. The standard InChI is InChI=1S/C19H19N3O/c1-2-15-8-10-16(11-9-15)12-20-19(23)17-13-21-22(14-17)18-6-4-3-5-7-18/h3-11,13-14H,2,12H2,1H3,(H,20,23). The number of amides is 1. The molecular weight excluding hydrogens is 286 g/mol. The zero-order chi connectivity index (χ0) is 16.1. The SMILES string of the molecule is CCc1ccc(CNC(=O)c2cnn(-c3ccccc3)c2)cc1. The van der Waals surface area contributed by atoms with Gasteiger partial charge in [0.15, 0.2) is 0 Å². The van der Waals surface area contributed by atoms with Crippen LogP contribution in [0.2, 0.25) is 0 Å². The molecule has 0 saturated carbocycles. The summed E-state index contributed by atoms with van der Waals surface area (Å²) < 4.78 is 1.70. The van der Waals surface area contributed by atoms with Crippen LogP contribution in [0.4, 0.5) is 0 Å². The number of aryl methyl sites for hydroxylation is 1. The van der Waals surface area contributed by atoms with E-state index < -0.39 is 0 Å². The van der Waals surface area contributed by atoms with E-state index in [2.05, 4.69) is 29.5 Å². The van der Waals surface area contributed by atoms with Gasteiger partial charge in [0.05, 0.1) is 17.4 Å².